The summed E-state index contributed by atoms with van der Waals surface area (Å²) in [6.07, 6.45) is 4.39. The first kappa shape index (κ1) is 24.6. The number of nitrogens with zero attached hydrogens (tertiary/aromatic N) is 2. The van der Waals surface area contributed by atoms with Crippen LogP contribution in [-0.2, 0) is 10.6 Å². The summed E-state index contributed by atoms with van der Waals surface area (Å²) < 4.78 is 34.4. The van der Waals surface area contributed by atoms with E-state index in [0.717, 1.165) is 5.56 Å². The highest BCUT2D eigenvalue weighted by Crippen LogP contribution is 2.27. The third-order valence-electron chi connectivity index (χ3n) is 4.89. The van der Waals surface area contributed by atoms with Gasteiger partial charge in [-0.2, -0.15) is 4.36 Å². The minimum atomic E-state index is -1.93. The number of pyridine rings is 1. The zero-order valence-corrected chi connectivity index (χ0v) is 20.2. The molecule has 2 heterocycles. The molecule has 4 aromatic rings. The maximum atomic E-state index is 13.9. The second kappa shape index (κ2) is 10.8. The summed E-state index contributed by atoms with van der Waals surface area (Å²) in [6.45, 7) is 1.80. The number of H-pyrrole nitrogens is 1. The Balaban J connectivity index is 1.40. The number of nitrogens with one attached hydrogen (secondary N) is 3. The normalized spacial score (nSPS) is 11.6. The number of anilines is 2. The van der Waals surface area contributed by atoms with Crippen molar-refractivity contribution in [2.45, 2.75) is 6.92 Å². The first-order valence-electron chi connectivity index (χ1n) is 10.7. The molecule has 0 aliphatic heterocycles. The topological polar surface area (TPSA) is 126 Å². The van der Waals surface area contributed by atoms with Crippen molar-refractivity contribution in [1.29, 1.82) is 0 Å². The number of urea groups is 1. The van der Waals surface area contributed by atoms with E-state index in [1.54, 1.807) is 67.7 Å². The molecule has 0 bridgehead atoms. The number of benzene rings is 2. The van der Waals surface area contributed by atoms with Gasteiger partial charge in [-0.15, -0.1) is 0 Å². The van der Waals surface area contributed by atoms with Crippen LogP contribution in [0.5, 0.6) is 11.5 Å². The number of halogens is 1. The number of aromatic nitrogens is 2. The Morgan fingerprint density at radius 2 is 1.81 bits per heavy atom. The molecule has 3 N–H and O–H groups in total. The highest BCUT2D eigenvalue weighted by molar-refractivity contribution is 7.74. The average Bonchev–Trinajstić information content (AvgIpc) is 3.33. The van der Waals surface area contributed by atoms with E-state index in [1.807, 2.05) is 0 Å². The summed E-state index contributed by atoms with van der Waals surface area (Å²) in [5.74, 6) is -0.0842. The van der Waals surface area contributed by atoms with Crippen LogP contribution in [-0.4, -0.2) is 32.4 Å². The predicted molar refractivity (Wildman–Crippen MR) is 137 cm³/mol. The van der Waals surface area contributed by atoms with Crippen molar-refractivity contribution in [3.8, 4) is 22.9 Å². The van der Waals surface area contributed by atoms with Gasteiger partial charge in [0.1, 0.15) is 17.3 Å². The van der Waals surface area contributed by atoms with E-state index in [-0.39, 0.29) is 11.3 Å². The van der Waals surface area contributed by atoms with Crippen LogP contribution in [0.15, 0.2) is 77.4 Å². The second-order valence-electron chi connectivity index (χ2n) is 7.74. The molecule has 11 heteroatoms. The van der Waals surface area contributed by atoms with E-state index in [0.29, 0.717) is 28.6 Å². The lowest BCUT2D eigenvalue weighted by atomic mass is 10.2. The molecular weight excluding hydrogens is 485 g/mol. The minimum Gasteiger partial charge on any atom is -0.457 e. The molecule has 0 radical (unpaired) electrons. The lowest BCUT2D eigenvalue weighted by Crippen LogP contribution is -2.20. The molecular formula is C25H22FN5O4S. The number of carbonyl (C=O) groups is 2. The van der Waals surface area contributed by atoms with Gasteiger partial charge in [0, 0.05) is 41.0 Å². The number of thiol groups is 1. The molecule has 1 unspecified atom stereocenters. The lowest BCUT2D eigenvalue weighted by molar-refractivity contribution is 0.101. The number of rotatable bonds is 6. The lowest BCUT2D eigenvalue weighted by Gasteiger charge is -2.10. The van der Waals surface area contributed by atoms with Gasteiger partial charge in [-0.3, -0.25) is 14.0 Å². The predicted octanol–water partition coefficient (Wildman–Crippen LogP) is 5.40. The number of aromatic amines is 1. The molecule has 0 aliphatic carbocycles. The van der Waals surface area contributed by atoms with Crippen LogP contribution in [0.3, 0.4) is 0 Å². The van der Waals surface area contributed by atoms with Crippen LogP contribution >= 0.6 is 0 Å². The summed E-state index contributed by atoms with van der Waals surface area (Å²) in [4.78, 5) is 31.4. The number of hydrogen-bond acceptors (Lipinski definition) is 5. The number of ether oxygens (including phenoxy) is 1. The van der Waals surface area contributed by atoms with Crippen molar-refractivity contribution >= 4 is 33.9 Å². The monoisotopic (exact) mass is 507 g/mol. The molecule has 0 aliphatic rings. The molecule has 36 heavy (non-hydrogen) atoms. The summed E-state index contributed by atoms with van der Waals surface area (Å²) in [6, 6.07) is 15.4. The van der Waals surface area contributed by atoms with Crippen LogP contribution in [0, 0.1) is 12.7 Å². The number of aryl methyl sites for hydroxylation is 1. The molecule has 184 valence electrons. The van der Waals surface area contributed by atoms with Crippen LogP contribution < -0.4 is 15.4 Å². The zero-order chi connectivity index (χ0) is 25.7. The largest absolute Gasteiger partial charge is 0.457 e. The van der Waals surface area contributed by atoms with Crippen molar-refractivity contribution in [1.82, 2.24) is 9.97 Å². The Bertz CT molecular complexity index is 1510. The molecule has 0 saturated carbocycles. The maximum absolute atomic E-state index is 13.9. The SMILES string of the molecule is Cc1ccc(F)c(NC(=O)Nc2ccc(Oc3ccnc(-c4cc(C(=O)/N=[SH](/C)=O)c[nH]4)c3)cc2)c1. The van der Waals surface area contributed by atoms with Gasteiger partial charge in [-0.1, -0.05) is 6.07 Å². The number of hydrogen-bond donors (Lipinski definition) is 4. The van der Waals surface area contributed by atoms with Crippen LogP contribution in [0.2, 0.25) is 0 Å². The Morgan fingerprint density at radius 1 is 1.03 bits per heavy atom. The second-order valence-corrected chi connectivity index (χ2v) is 8.87. The summed E-state index contributed by atoms with van der Waals surface area (Å²) in [5, 5.41) is 5.13. The standard InChI is InChI=1S/C25H22FN5O4S/c1-15-3-8-20(26)21(11-15)30-25(33)29-17-4-6-18(7-5-17)35-19-9-10-27-23(13-19)22-12-16(14-28-22)24(32)31-36(2)34/h3-14,28,36H,1-2H3,(H2,29,30,33). The molecule has 4 rings (SSSR count). The highest BCUT2D eigenvalue weighted by Gasteiger charge is 2.11. The number of carbonyl (C=O) groups excluding carboxylic acids is 2. The summed E-state index contributed by atoms with van der Waals surface area (Å²) in [7, 11) is -1.93. The van der Waals surface area contributed by atoms with Crippen LogP contribution in [0.4, 0.5) is 20.6 Å². The molecule has 1 atom stereocenters. The smallest absolute Gasteiger partial charge is 0.323 e. The Hall–Kier alpha value is -4.51. The van der Waals surface area contributed by atoms with E-state index in [4.69, 9.17) is 4.74 Å². The molecule has 0 saturated heterocycles. The zero-order valence-electron chi connectivity index (χ0n) is 19.3. The first-order chi connectivity index (χ1) is 17.3. The molecule has 9 nitrogen and oxygen atoms in total. The van der Waals surface area contributed by atoms with E-state index in [9.17, 15) is 18.2 Å². The van der Waals surface area contributed by atoms with Gasteiger partial charge in [-0.05, 0) is 61.0 Å². The van der Waals surface area contributed by atoms with Gasteiger partial charge in [0.05, 0.1) is 22.6 Å². The van der Waals surface area contributed by atoms with E-state index >= 15 is 0 Å². The summed E-state index contributed by atoms with van der Waals surface area (Å²) in [5.41, 5.74) is 2.79. The van der Waals surface area contributed by atoms with Gasteiger partial charge in [-0.25, -0.2) is 9.18 Å². The summed E-state index contributed by atoms with van der Waals surface area (Å²) >= 11 is 0. The Kier molecular flexibility index (Phi) is 7.40. The van der Waals surface area contributed by atoms with E-state index in [1.165, 1.54) is 18.5 Å². The van der Waals surface area contributed by atoms with Gasteiger partial charge in [0.15, 0.2) is 0 Å². The van der Waals surface area contributed by atoms with Gasteiger partial charge < -0.3 is 20.4 Å². The highest BCUT2D eigenvalue weighted by atomic mass is 32.2. The van der Waals surface area contributed by atoms with Crippen molar-refractivity contribution in [3.05, 3.63) is 90.0 Å². The fraction of sp³-hybridized carbons (Fsp3) is 0.0800. The van der Waals surface area contributed by atoms with Crippen molar-refractivity contribution < 1.29 is 22.9 Å². The molecule has 2 aromatic carbocycles. The third kappa shape index (κ3) is 6.33. The van der Waals surface area contributed by atoms with Gasteiger partial charge >= 0.3 is 6.03 Å². The van der Waals surface area contributed by atoms with Crippen molar-refractivity contribution in [2.24, 2.45) is 4.36 Å². The first-order valence-corrected chi connectivity index (χ1v) is 12.4. The van der Waals surface area contributed by atoms with Gasteiger partial charge in [0.25, 0.3) is 5.91 Å². The number of amides is 3. The quantitative estimate of drug-likeness (QED) is 0.260. The molecule has 2 aromatic heterocycles. The fourth-order valence-electron chi connectivity index (χ4n) is 3.24. The fourth-order valence-corrected chi connectivity index (χ4v) is 3.61. The third-order valence-corrected chi connectivity index (χ3v) is 5.35. The van der Waals surface area contributed by atoms with E-state index < -0.39 is 28.4 Å². The van der Waals surface area contributed by atoms with Gasteiger partial charge in [0.2, 0.25) is 0 Å². The van der Waals surface area contributed by atoms with Crippen molar-refractivity contribution in [3.63, 3.8) is 0 Å². The molecule has 0 fully saturated rings. The van der Waals surface area contributed by atoms with E-state index in [2.05, 4.69) is 25.0 Å². The minimum absolute atomic E-state index is 0.0923. The average molecular weight is 508 g/mol. The maximum Gasteiger partial charge on any atom is 0.323 e. The molecule has 3 amide bonds. The Labute approximate surface area is 208 Å². The van der Waals surface area contributed by atoms with Crippen LogP contribution in [0.1, 0.15) is 15.9 Å². The Morgan fingerprint density at radius 3 is 2.56 bits per heavy atom. The van der Waals surface area contributed by atoms with Crippen molar-refractivity contribution in [2.75, 3.05) is 16.9 Å². The van der Waals surface area contributed by atoms with Crippen LogP contribution in [0.25, 0.3) is 11.4 Å². The molecule has 0 spiro atoms.